The number of hydrogen-bond donors (Lipinski definition) is 0. The topological polar surface area (TPSA) is 51.8 Å². The predicted molar refractivity (Wildman–Crippen MR) is 289 cm³/mol. The number of nitrogens with zero attached hydrogens (tertiary/aromatic N) is 3. The molecule has 0 bridgehead atoms. The zero-order valence-electron chi connectivity index (χ0n) is 39.4. The largest absolute Gasteiger partial charge is 3.00 e. The average Bonchev–Trinajstić information content (AvgIpc) is 3.84. The van der Waals surface area contributed by atoms with Gasteiger partial charge in [-0.1, -0.05) is 157 Å². The van der Waals surface area contributed by atoms with Crippen LogP contribution in [0.2, 0.25) is 0 Å². The van der Waals surface area contributed by atoms with Gasteiger partial charge < -0.3 is 19.4 Å². The van der Waals surface area contributed by atoms with Crippen LogP contribution in [-0.4, -0.2) is 15.0 Å². The van der Waals surface area contributed by atoms with Crippen LogP contribution in [0.3, 0.4) is 0 Å². The van der Waals surface area contributed by atoms with Crippen molar-refractivity contribution in [1.29, 1.82) is 0 Å². The third kappa shape index (κ3) is 9.74. The first-order chi connectivity index (χ1) is 35.2. The van der Waals surface area contributed by atoms with Crippen molar-refractivity contribution in [2.45, 2.75) is 25.7 Å². The minimum atomic E-state index is 0. The molecule has 0 radical (unpaired) electrons. The fourth-order valence-electron chi connectivity index (χ4n) is 9.76. The number of rotatable bonds is 13. The van der Waals surface area contributed by atoms with Crippen molar-refractivity contribution in [3.8, 4) is 78.3 Å². The van der Waals surface area contributed by atoms with Gasteiger partial charge in [0.25, 0.3) is 0 Å². The monoisotopic (exact) mass is 1100 g/mol. The second kappa shape index (κ2) is 20.9. The van der Waals surface area contributed by atoms with Gasteiger partial charge >= 0.3 is 20.1 Å². The summed E-state index contributed by atoms with van der Waals surface area (Å²) >= 11 is 0. The first-order valence-electron chi connectivity index (χ1n) is 24.2. The summed E-state index contributed by atoms with van der Waals surface area (Å²) in [6, 6.07) is 84.5. The Labute approximate surface area is 434 Å². The number of aromatic nitrogens is 3. The molecule has 0 atom stereocenters. The summed E-state index contributed by atoms with van der Waals surface area (Å²) < 4.78 is 6.33. The average molecular weight is 1100 g/mol. The van der Waals surface area contributed by atoms with Crippen LogP contribution in [0.1, 0.15) is 22.3 Å². The van der Waals surface area contributed by atoms with Crippen LogP contribution in [0.5, 0.6) is 0 Å². The molecule has 0 spiro atoms. The van der Waals surface area contributed by atoms with E-state index < -0.39 is 0 Å². The van der Waals surface area contributed by atoms with E-state index in [4.69, 9.17) is 19.4 Å². The van der Waals surface area contributed by atoms with Crippen molar-refractivity contribution in [2.24, 2.45) is 0 Å². The summed E-state index contributed by atoms with van der Waals surface area (Å²) in [6.45, 7) is 0. The Morgan fingerprint density at radius 1 is 0.347 bits per heavy atom. The van der Waals surface area contributed by atoms with Gasteiger partial charge in [-0.2, -0.15) is 0 Å². The molecule has 4 aromatic heterocycles. The van der Waals surface area contributed by atoms with E-state index in [2.05, 4.69) is 176 Å². The molecule has 0 fully saturated rings. The zero-order chi connectivity index (χ0) is 47.3. The Morgan fingerprint density at radius 3 is 1.56 bits per heavy atom. The summed E-state index contributed by atoms with van der Waals surface area (Å²) in [5.74, 6) is 0. The van der Waals surface area contributed by atoms with Crippen LogP contribution in [0.4, 0.5) is 0 Å². The number of furan rings is 1. The molecule has 344 valence electrons. The van der Waals surface area contributed by atoms with Crippen molar-refractivity contribution in [3.05, 3.63) is 271 Å². The van der Waals surface area contributed by atoms with E-state index in [1.54, 1.807) is 0 Å². The molecule has 0 aliphatic carbocycles. The fourth-order valence-corrected chi connectivity index (χ4v) is 9.76. The van der Waals surface area contributed by atoms with E-state index in [1.165, 1.54) is 38.9 Å². The summed E-state index contributed by atoms with van der Waals surface area (Å²) in [7, 11) is 0. The van der Waals surface area contributed by atoms with Crippen LogP contribution < -0.4 is 0 Å². The van der Waals surface area contributed by atoms with Crippen LogP contribution >= 0.6 is 0 Å². The molecule has 4 nitrogen and oxygen atoms in total. The number of aryl methyl sites for hydroxylation is 4. The van der Waals surface area contributed by atoms with Gasteiger partial charge in [0.1, 0.15) is 5.58 Å². The number of fused-ring (bicyclic) bond motifs is 3. The van der Waals surface area contributed by atoms with Crippen LogP contribution in [-0.2, 0) is 45.8 Å². The summed E-state index contributed by atoms with van der Waals surface area (Å²) in [5, 5.41) is 2.06. The molecule has 72 heavy (non-hydrogen) atoms. The maximum atomic E-state index is 6.33. The second-order valence-electron chi connectivity index (χ2n) is 18.0. The van der Waals surface area contributed by atoms with E-state index in [9.17, 15) is 0 Å². The number of benzene rings is 8. The Kier molecular flexibility index (Phi) is 13.4. The van der Waals surface area contributed by atoms with E-state index >= 15 is 0 Å². The predicted octanol–water partition coefficient (Wildman–Crippen LogP) is 16.4. The van der Waals surface area contributed by atoms with Gasteiger partial charge in [0.2, 0.25) is 0 Å². The van der Waals surface area contributed by atoms with Gasteiger partial charge in [0.05, 0.1) is 5.58 Å². The second-order valence-corrected chi connectivity index (χ2v) is 18.0. The third-order valence-electron chi connectivity index (χ3n) is 13.4. The Hall–Kier alpha value is -8.34. The molecule has 0 amide bonds. The van der Waals surface area contributed by atoms with Gasteiger partial charge in [0.15, 0.2) is 0 Å². The molecule has 0 saturated carbocycles. The third-order valence-corrected chi connectivity index (χ3v) is 13.4. The molecule has 0 aliphatic heterocycles. The zero-order valence-corrected chi connectivity index (χ0v) is 41.7. The fraction of sp³-hybridized carbons (Fsp3) is 0.0597. The molecular weight excluding hydrogens is 1050 g/mol. The molecule has 12 aromatic rings. The Bertz CT molecular complexity index is 3670. The summed E-state index contributed by atoms with van der Waals surface area (Å²) in [6.07, 6.45) is 9.54. The molecule has 4 heterocycles. The molecule has 5 heteroatoms. The molecule has 12 rings (SSSR count). The molecule has 0 saturated heterocycles. The smallest absolute Gasteiger partial charge is 0.476 e. The van der Waals surface area contributed by atoms with Gasteiger partial charge in [-0.3, -0.25) is 0 Å². The summed E-state index contributed by atoms with van der Waals surface area (Å²) in [5.41, 5.74) is 21.3. The molecule has 0 unspecified atom stereocenters. The maximum absolute atomic E-state index is 6.33. The van der Waals surface area contributed by atoms with Gasteiger partial charge in [-0.15, -0.1) is 89.5 Å². The first kappa shape index (κ1) is 46.1. The molecule has 0 aliphatic rings. The number of hydrogen-bond acceptors (Lipinski definition) is 4. The van der Waals surface area contributed by atoms with E-state index in [1.807, 2.05) is 73.1 Å². The van der Waals surface area contributed by atoms with Crippen LogP contribution in [0, 0.1) is 18.2 Å². The Morgan fingerprint density at radius 2 is 0.917 bits per heavy atom. The van der Waals surface area contributed by atoms with Crippen molar-refractivity contribution in [1.82, 2.24) is 15.0 Å². The first-order valence-corrected chi connectivity index (χ1v) is 24.2. The van der Waals surface area contributed by atoms with E-state index in [0.29, 0.717) is 0 Å². The van der Waals surface area contributed by atoms with Crippen molar-refractivity contribution >= 4 is 21.9 Å². The van der Waals surface area contributed by atoms with Crippen molar-refractivity contribution < 1.29 is 24.5 Å². The van der Waals surface area contributed by atoms with E-state index in [0.717, 1.165) is 109 Å². The van der Waals surface area contributed by atoms with Crippen molar-refractivity contribution in [2.75, 3.05) is 0 Å². The van der Waals surface area contributed by atoms with Crippen LogP contribution in [0.25, 0.3) is 100 Å². The number of pyridine rings is 3. The maximum Gasteiger partial charge on any atom is 3.00 e. The molecule has 8 aromatic carbocycles. The quantitative estimate of drug-likeness (QED) is 0.108. The summed E-state index contributed by atoms with van der Waals surface area (Å²) in [4.78, 5) is 14.9. The standard InChI is InChI=1S/C67H46N3O.Ir/c1-4-15-50(16-5-1)51-33-35-52(36-34-51)60-42-64(58-24-14-26-66-67(58)59-23-12-13-25-65(59)71-66)70-45-61(60)57-22-11-10-21-56(57)55-40-48(29-27-46-31-37-62(68-43-46)53-17-6-2-7-18-53)39-49(41-55)30-28-47-32-38-63(69-44-47)54-19-8-3-9-20-54;/h1-17,19,21-23,25-26,31-45H,27-30H2;/q-3;+3. The minimum absolute atomic E-state index is 0. The molecular formula is C67H46IrN3O. The van der Waals surface area contributed by atoms with Crippen LogP contribution in [0.15, 0.2) is 235 Å². The molecule has 0 N–H and O–H groups in total. The van der Waals surface area contributed by atoms with Gasteiger partial charge in [0, 0.05) is 24.2 Å². The Balaban J connectivity index is 0.00000560. The van der Waals surface area contributed by atoms with Crippen molar-refractivity contribution in [3.63, 3.8) is 0 Å². The minimum Gasteiger partial charge on any atom is -0.476 e. The SMILES string of the molecule is [Ir+3].[c-]1ccccc1-c1ccc(CCc2cc(CCc3ccc(-c4[c-]cccc4)nc3)cc(-c3ccccc3-c3cnc(-c4[c-]ccc5oc6ccccc6c45)cc3-c3ccc(-c4ccccc4)cc3)c2)cn1. The normalized spacial score (nSPS) is 11.2. The number of para-hydroxylation sites is 1. The van der Waals surface area contributed by atoms with Gasteiger partial charge in [-0.05, 0) is 115 Å². The van der Waals surface area contributed by atoms with E-state index in [-0.39, 0.29) is 20.1 Å². The van der Waals surface area contributed by atoms with Gasteiger partial charge in [-0.25, -0.2) is 0 Å².